The lowest BCUT2D eigenvalue weighted by Crippen LogP contribution is -2.04. The van der Waals surface area contributed by atoms with Crippen molar-refractivity contribution in [1.29, 1.82) is 0 Å². The lowest BCUT2D eigenvalue weighted by Gasteiger charge is -2.10. The van der Waals surface area contributed by atoms with E-state index >= 15 is 0 Å². The van der Waals surface area contributed by atoms with Gasteiger partial charge < -0.3 is 5.73 Å². The van der Waals surface area contributed by atoms with Gasteiger partial charge >= 0.3 is 6.18 Å². The van der Waals surface area contributed by atoms with Crippen molar-refractivity contribution in [3.63, 3.8) is 0 Å². The van der Waals surface area contributed by atoms with Crippen molar-refractivity contribution in [3.05, 3.63) is 60.2 Å². The first-order chi connectivity index (χ1) is 9.82. The monoisotopic (exact) mass is 291 g/mol. The highest BCUT2D eigenvalue weighted by atomic mass is 19.4. The van der Waals surface area contributed by atoms with Crippen molar-refractivity contribution in [3.8, 4) is 11.1 Å². The van der Waals surface area contributed by atoms with E-state index in [9.17, 15) is 18.0 Å². The Morgan fingerprint density at radius 1 is 1.05 bits per heavy atom. The highest BCUT2D eigenvalue weighted by Gasteiger charge is 2.29. The van der Waals surface area contributed by atoms with E-state index in [1.807, 2.05) is 0 Å². The number of anilines is 1. The molecule has 21 heavy (non-hydrogen) atoms. The van der Waals surface area contributed by atoms with E-state index in [-0.39, 0.29) is 5.57 Å². The standard InChI is InChI=1S/C16H12F3NO/c1-10(9-21)14-8-12(4-7-15(14)20)11-2-5-13(6-3-11)16(17,18)19/h2-9H,1,20H2. The van der Waals surface area contributed by atoms with Crippen molar-refractivity contribution in [1.82, 2.24) is 0 Å². The van der Waals surface area contributed by atoms with Gasteiger partial charge in [-0.3, -0.25) is 4.79 Å². The number of alkyl halides is 3. The van der Waals surface area contributed by atoms with Crippen LogP contribution in [0.25, 0.3) is 16.7 Å². The maximum atomic E-state index is 12.5. The minimum absolute atomic E-state index is 0.223. The average molecular weight is 291 g/mol. The summed E-state index contributed by atoms with van der Waals surface area (Å²) in [6.45, 7) is 3.59. The molecule has 0 saturated heterocycles. The van der Waals surface area contributed by atoms with Gasteiger partial charge in [-0.2, -0.15) is 13.2 Å². The van der Waals surface area contributed by atoms with Crippen molar-refractivity contribution >= 4 is 17.5 Å². The van der Waals surface area contributed by atoms with Crippen LogP contribution in [0.5, 0.6) is 0 Å². The van der Waals surface area contributed by atoms with Crippen LogP contribution in [0.4, 0.5) is 18.9 Å². The number of benzene rings is 2. The van der Waals surface area contributed by atoms with E-state index in [1.165, 1.54) is 12.1 Å². The topological polar surface area (TPSA) is 43.1 Å². The number of hydrogen-bond acceptors (Lipinski definition) is 2. The number of rotatable bonds is 3. The third kappa shape index (κ3) is 3.13. The van der Waals surface area contributed by atoms with E-state index in [4.69, 9.17) is 5.73 Å². The Kier molecular flexibility index (Phi) is 3.84. The second-order valence-electron chi connectivity index (χ2n) is 4.52. The summed E-state index contributed by atoms with van der Waals surface area (Å²) in [5, 5.41) is 0. The Hall–Kier alpha value is -2.56. The number of carbonyl (C=O) groups is 1. The summed E-state index contributed by atoms with van der Waals surface area (Å²) in [6, 6.07) is 9.69. The quantitative estimate of drug-likeness (QED) is 0.524. The molecule has 0 amide bonds. The molecule has 108 valence electrons. The minimum atomic E-state index is -4.36. The molecular weight excluding hydrogens is 279 g/mol. The van der Waals surface area contributed by atoms with E-state index in [1.54, 1.807) is 18.2 Å². The molecule has 0 unspecified atom stereocenters. The molecule has 0 saturated carbocycles. The lowest BCUT2D eigenvalue weighted by molar-refractivity contribution is -0.137. The normalized spacial score (nSPS) is 11.2. The van der Waals surface area contributed by atoms with Crippen LogP contribution in [0.15, 0.2) is 49.0 Å². The first-order valence-corrected chi connectivity index (χ1v) is 6.04. The molecule has 0 aliphatic carbocycles. The largest absolute Gasteiger partial charge is 0.416 e. The van der Waals surface area contributed by atoms with Gasteiger partial charge in [-0.05, 0) is 35.4 Å². The fourth-order valence-electron chi connectivity index (χ4n) is 1.93. The number of allylic oxidation sites excluding steroid dienone is 1. The van der Waals surface area contributed by atoms with Crippen LogP contribution < -0.4 is 5.73 Å². The average Bonchev–Trinajstić information content (AvgIpc) is 2.46. The number of carbonyl (C=O) groups excluding carboxylic acids is 1. The molecule has 0 atom stereocenters. The summed E-state index contributed by atoms with van der Waals surface area (Å²) in [5.41, 5.74) is 7.40. The van der Waals surface area contributed by atoms with Crippen LogP contribution in [-0.4, -0.2) is 6.29 Å². The fourth-order valence-corrected chi connectivity index (χ4v) is 1.93. The van der Waals surface area contributed by atoms with E-state index in [0.717, 1.165) is 12.1 Å². The Bertz CT molecular complexity index is 688. The Morgan fingerprint density at radius 3 is 2.14 bits per heavy atom. The molecule has 2 nitrogen and oxygen atoms in total. The minimum Gasteiger partial charge on any atom is -0.398 e. The highest BCUT2D eigenvalue weighted by Crippen LogP contribution is 2.32. The molecule has 0 aliphatic rings. The van der Waals surface area contributed by atoms with Crippen LogP contribution >= 0.6 is 0 Å². The van der Waals surface area contributed by atoms with Crippen LogP contribution in [0.3, 0.4) is 0 Å². The Morgan fingerprint density at radius 2 is 1.62 bits per heavy atom. The molecule has 0 aliphatic heterocycles. The predicted octanol–water partition coefficient (Wildman–Crippen LogP) is 4.17. The molecule has 2 aromatic carbocycles. The van der Waals surface area contributed by atoms with E-state index in [0.29, 0.717) is 28.7 Å². The van der Waals surface area contributed by atoms with Gasteiger partial charge in [0.25, 0.3) is 0 Å². The zero-order valence-electron chi connectivity index (χ0n) is 10.9. The van der Waals surface area contributed by atoms with Gasteiger partial charge in [0.1, 0.15) is 6.29 Å². The molecule has 2 N–H and O–H groups in total. The molecule has 2 aromatic rings. The van der Waals surface area contributed by atoms with Gasteiger partial charge in [-0.1, -0.05) is 24.8 Å². The van der Waals surface area contributed by atoms with Gasteiger partial charge in [0, 0.05) is 16.8 Å². The van der Waals surface area contributed by atoms with Crippen molar-refractivity contribution in [2.24, 2.45) is 0 Å². The second kappa shape index (κ2) is 5.44. The molecule has 0 fully saturated rings. The molecule has 0 bridgehead atoms. The Labute approximate surface area is 119 Å². The van der Waals surface area contributed by atoms with Crippen LogP contribution in [0.2, 0.25) is 0 Å². The summed E-state index contributed by atoms with van der Waals surface area (Å²) in [5.74, 6) is 0. The van der Waals surface area contributed by atoms with E-state index < -0.39 is 11.7 Å². The maximum Gasteiger partial charge on any atom is 0.416 e. The van der Waals surface area contributed by atoms with Crippen molar-refractivity contribution in [2.75, 3.05) is 5.73 Å². The summed E-state index contributed by atoms with van der Waals surface area (Å²) in [7, 11) is 0. The summed E-state index contributed by atoms with van der Waals surface area (Å²) >= 11 is 0. The van der Waals surface area contributed by atoms with Crippen molar-refractivity contribution in [2.45, 2.75) is 6.18 Å². The Balaban J connectivity index is 2.43. The number of halogens is 3. The van der Waals surface area contributed by atoms with Gasteiger partial charge in [0.2, 0.25) is 0 Å². The predicted molar refractivity (Wildman–Crippen MR) is 76.4 cm³/mol. The number of aldehydes is 1. The number of nitrogen functional groups attached to an aromatic ring is 1. The first kappa shape index (κ1) is 14.8. The van der Waals surface area contributed by atoms with Crippen molar-refractivity contribution < 1.29 is 18.0 Å². The highest BCUT2D eigenvalue weighted by molar-refractivity contribution is 6.08. The molecule has 0 spiro atoms. The summed E-state index contributed by atoms with van der Waals surface area (Å²) < 4.78 is 37.6. The fraction of sp³-hybridized carbons (Fsp3) is 0.0625. The van der Waals surface area contributed by atoms with Crippen LogP contribution in [0.1, 0.15) is 11.1 Å². The SMILES string of the molecule is C=C(C=O)c1cc(-c2ccc(C(F)(F)F)cc2)ccc1N. The van der Waals surface area contributed by atoms with Gasteiger partial charge in [0.15, 0.2) is 0 Å². The first-order valence-electron chi connectivity index (χ1n) is 6.04. The number of nitrogens with two attached hydrogens (primary N) is 1. The summed E-state index contributed by atoms with van der Waals surface area (Å²) in [4.78, 5) is 10.8. The third-order valence-electron chi connectivity index (χ3n) is 3.09. The molecule has 2 rings (SSSR count). The number of hydrogen-bond donors (Lipinski definition) is 1. The smallest absolute Gasteiger partial charge is 0.398 e. The van der Waals surface area contributed by atoms with Gasteiger partial charge in [-0.25, -0.2) is 0 Å². The zero-order chi connectivity index (χ0) is 15.6. The van der Waals surface area contributed by atoms with Gasteiger partial charge in [-0.15, -0.1) is 0 Å². The molecular formula is C16H12F3NO. The lowest BCUT2D eigenvalue weighted by atomic mass is 9.98. The molecule has 5 heteroatoms. The zero-order valence-corrected chi connectivity index (χ0v) is 10.9. The van der Waals surface area contributed by atoms with E-state index in [2.05, 4.69) is 6.58 Å². The van der Waals surface area contributed by atoms with Crippen LogP contribution in [0, 0.1) is 0 Å². The van der Waals surface area contributed by atoms with Gasteiger partial charge in [0.05, 0.1) is 5.56 Å². The molecule has 0 radical (unpaired) electrons. The molecule has 0 aromatic heterocycles. The van der Waals surface area contributed by atoms with Crippen LogP contribution in [-0.2, 0) is 11.0 Å². The summed E-state index contributed by atoms with van der Waals surface area (Å²) in [6.07, 6.45) is -3.78. The molecule has 0 heterocycles. The maximum absolute atomic E-state index is 12.5. The third-order valence-corrected chi connectivity index (χ3v) is 3.09. The second-order valence-corrected chi connectivity index (χ2v) is 4.52.